The van der Waals surface area contributed by atoms with Crippen LogP contribution in [0.4, 0.5) is 5.69 Å². The summed E-state index contributed by atoms with van der Waals surface area (Å²) in [6, 6.07) is 8.26. The molecule has 0 unspecified atom stereocenters. The zero-order valence-electron chi connectivity index (χ0n) is 12.1. The monoisotopic (exact) mass is 276 g/mol. The first-order valence-electron chi connectivity index (χ1n) is 7.65. The summed E-state index contributed by atoms with van der Waals surface area (Å²) in [5.41, 5.74) is 7.67. The van der Waals surface area contributed by atoms with Crippen molar-refractivity contribution in [2.24, 2.45) is 0 Å². The summed E-state index contributed by atoms with van der Waals surface area (Å²) in [5, 5.41) is 3.56. The van der Waals surface area contributed by atoms with E-state index in [-0.39, 0.29) is 6.10 Å². The van der Waals surface area contributed by atoms with Gasteiger partial charge in [0.05, 0.1) is 6.61 Å². The first kappa shape index (κ1) is 13.9. The van der Waals surface area contributed by atoms with Crippen LogP contribution in [0.15, 0.2) is 24.3 Å². The van der Waals surface area contributed by atoms with Crippen molar-refractivity contribution in [3.05, 3.63) is 29.8 Å². The second-order valence-electron chi connectivity index (χ2n) is 5.76. The quantitative estimate of drug-likeness (QED) is 0.832. The number of ether oxygens (including phenoxy) is 2. The number of nitrogen functional groups attached to an aromatic ring is 1. The molecule has 3 N–H and O–H groups in total. The molecule has 3 rings (SSSR count). The van der Waals surface area contributed by atoms with Gasteiger partial charge in [-0.25, -0.2) is 0 Å². The Morgan fingerprint density at radius 2 is 2.30 bits per heavy atom. The van der Waals surface area contributed by atoms with Gasteiger partial charge in [0.2, 0.25) is 0 Å². The number of piperidine rings is 1. The molecule has 2 heterocycles. The van der Waals surface area contributed by atoms with Crippen molar-refractivity contribution < 1.29 is 9.47 Å². The number of nitrogens with two attached hydrogens (primary N) is 1. The average Bonchev–Trinajstić information content (AvgIpc) is 2.94. The third-order valence-corrected chi connectivity index (χ3v) is 4.41. The Morgan fingerprint density at radius 1 is 1.40 bits per heavy atom. The summed E-state index contributed by atoms with van der Waals surface area (Å²) in [6.07, 6.45) is 4.63. The van der Waals surface area contributed by atoms with Gasteiger partial charge in [-0.15, -0.1) is 0 Å². The summed E-state index contributed by atoms with van der Waals surface area (Å²) in [4.78, 5) is 0. The lowest BCUT2D eigenvalue weighted by Crippen LogP contribution is -2.45. The maximum Gasteiger partial charge on any atom is 0.195 e. The molecule has 3 atom stereocenters. The van der Waals surface area contributed by atoms with E-state index in [9.17, 15) is 0 Å². The van der Waals surface area contributed by atoms with E-state index < -0.39 is 5.79 Å². The summed E-state index contributed by atoms with van der Waals surface area (Å²) >= 11 is 0. The van der Waals surface area contributed by atoms with Gasteiger partial charge >= 0.3 is 0 Å². The highest BCUT2D eigenvalue weighted by molar-refractivity contribution is 5.42. The maximum atomic E-state index is 6.34. The second-order valence-corrected chi connectivity index (χ2v) is 5.76. The molecule has 0 bridgehead atoms. The van der Waals surface area contributed by atoms with Gasteiger partial charge in [0.25, 0.3) is 0 Å². The van der Waals surface area contributed by atoms with Gasteiger partial charge in [0.1, 0.15) is 6.10 Å². The van der Waals surface area contributed by atoms with Crippen LogP contribution in [0.2, 0.25) is 0 Å². The molecule has 1 aromatic carbocycles. The van der Waals surface area contributed by atoms with Crippen LogP contribution in [0.1, 0.15) is 38.2 Å². The minimum absolute atomic E-state index is 0.136. The maximum absolute atomic E-state index is 6.34. The number of rotatable bonds is 3. The predicted octanol–water partition coefficient (Wildman–Crippen LogP) is 2.39. The van der Waals surface area contributed by atoms with Gasteiger partial charge in [0.15, 0.2) is 5.79 Å². The minimum atomic E-state index is -0.626. The van der Waals surface area contributed by atoms with Crippen molar-refractivity contribution in [3.8, 4) is 0 Å². The fourth-order valence-corrected chi connectivity index (χ4v) is 3.24. The Bertz CT molecular complexity index is 460. The zero-order valence-corrected chi connectivity index (χ0v) is 12.1. The Balaban J connectivity index is 1.77. The molecule has 2 saturated heterocycles. The molecule has 110 valence electrons. The van der Waals surface area contributed by atoms with Gasteiger partial charge in [-0.05, 0) is 31.5 Å². The highest BCUT2D eigenvalue weighted by atomic mass is 16.7. The molecule has 4 nitrogen and oxygen atoms in total. The summed E-state index contributed by atoms with van der Waals surface area (Å²) in [5.74, 6) is -0.626. The highest BCUT2D eigenvalue weighted by Gasteiger charge is 2.44. The lowest BCUT2D eigenvalue weighted by Gasteiger charge is -2.31. The number of anilines is 1. The van der Waals surface area contributed by atoms with Crippen molar-refractivity contribution >= 4 is 5.69 Å². The topological polar surface area (TPSA) is 56.5 Å². The molecule has 2 aliphatic rings. The van der Waals surface area contributed by atoms with Crippen molar-refractivity contribution in [1.82, 2.24) is 5.32 Å². The minimum Gasteiger partial charge on any atom is -0.399 e. The molecule has 2 fully saturated rings. The Labute approximate surface area is 120 Å². The van der Waals surface area contributed by atoms with Crippen molar-refractivity contribution in [3.63, 3.8) is 0 Å². The second kappa shape index (κ2) is 5.72. The van der Waals surface area contributed by atoms with Crippen LogP contribution >= 0.6 is 0 Å². The van der Waals surface area contributed by atoms with Crippen molar-refractivity contribution in [2.75, 3.05) is 18.9 Å². The smallest absolute Gasteiger partial charge is 0.195 e. The van der Waals surface area contributed by atoms with Gasteiger partial charge < -0.3 is 20.5 Å². The van der Waals surface area contributed by atoms with Gasteiger partial charge in [-0.3, -0.25) is 0 Å². The van der Waals surface area contributed by atoms with Crippen LogP contribution in [0.25, 0.3) is 0 Å². The number of hydrogen-bond donors (Lipinski definition) is 2. The average molecular weight is 276 g/mol. The van der Waals surface area contributed by atoms with Crippen LogP contribution in [0.3, 0.4) is 0 Å². The fourth-order valence-electron chi connectivity index (χ4n) is 3.24. The lowest BCUT2D eigenvalue weighted by atomic mass is 10.00. The molecule has 0 amide bonds. The largest absolute Gasteiger partial charge is 0.399 e. The molecule has 0 radical (unpaired) electrons. The number of benzene rings is 1. The fraction of sp³-hybridized carbons (Fsp3) is 0.625. The van der Waals surface area contributed by atoms with Crippen LogP contribution in [-0.4, -0.2) is 25.3 Å². The third-order valence-electron chi connectivity index (χ3n) is 4.41. The van der Waals surface area contributed by atoms with Crippen LogP contribution < -0.4 is 11.1 Å². The Morgan fingerprint density at radius 3 is 3.00 bits per heavy atom. The molecule has 1 aromatic rings. The number of nitrogens with one attached hydrogen (secondary N) is 1. The molecule has 0 aromatic heterocycles. The molecule has 0 aliphatic carbocycles. The third kappa shape index (κ3) is 2.55. The predicted molar refractivity (Wildman–Crippen MR) is 79.3 cm³/mol. The van der Waals surface area contributed by atoms with Gasteiger partial charge in [-0.1, -0.05) is 25.5 Å². The van der Waals surface area contributed by atoms with E-state index in [1.54, 1.807) is 0 Å². The zero-order chi connectivity index (χ0) is 14.0. The van der Waals surface area contributed by atoms with Crippen LogP contribution in [0, 0.1) is 0 Å². The van der Waals surface area contributed by atoms with E-state index in [4.69, 9.17) is 15.2 Å². The van der Waals surface area contributed by atoms with E-state index in [0.29, 0.717) is 12.6 Å². The highest BCUT2D eigenvalue weighted by Crippen LogP contribution is 2.39. The van der Waals surface area contributed by atoms with Gasteiger partial charge in [-0.2, -0.15) is 0 Å². The van der Waals surface area contributed by atoms with Crippen molar-refractivity contribution in [2.45, 2.75) is 50.5 Å². The first-order valence-corrected chi connectivity index (χ1v) is 7.65. The molecular weight excluding hydrogens is 252 g/mol. The van der Waals surface area contributed by atoms with E-state index >= 15 is 0 Å². The summed E-state index contributed by atoms with van der Waals surface area (Å²) in [7, 11) is 0. The molecule has 0 saturated carbocycles. The molecular formula is C16H24N2O2. The van der Waals surface area contributed by atoms with E-state index in [2.05, 4.69) is 12.2 Å². The van der Waals surface area contributed by atoms with Crippen molar-refractivity contribution in [1.29, 1.82) is 0 Å². The van der Waals surface area contributed by atoms with Crippen LogP contribution in [-0.2, 0) is 15.3 Å². The number of hydrogen-bond acceptors (Lipinski definition) is 4. The molecule has 4 heteroatoms. The van der Waals surface area contributed by atoms with Crippen LogP contribution in [0.5, 0.6) is 0 Å². The normalized spacial score (nSPS) is 34.2. The molecule has 0 spiro atoms. The Hall–Kier alpha value is -1.10. The van der Waals surface area contributed by atoms with E-state index in [0.717, 1.165) is 24.2 Å². The van der Waals surface area contributed by atoms with E-state index in [1.807, 2.05) is 24.3 Å². The van der Waals surface area contributed by atoms with E-state index in [1.165, 1.54) is 19.3 Å². The molecule has 2 aliphatic heterocycles. The van der Waals surface area contributed by atoms with Gasteiger partial charge in [0, 0.05) is 23.7 Å². The first-order chi connectivity index (χ1) is 9.73. The molecule has 20 heavy (non-hydrogen) atoms. The standard InChI is InChI=1S/C16H24N2O2/c1-2-16(12-6-5-7-13(17)10-12)19-11-15(20-16)14-8-3-4-9-18-14/h5-7,10,14-15,18H,2-4,8-9,11,17H2,1H3/t14-,15+,16-/m0/s1. The SMILES string of the molecule is CC[C@]1(c2cccc(N)c2)OC[C@H]([C@@H]2CCCCN2)O1. The summed E-state index contributed by atoms with van der Waals surface area (Å²) in [6.45, 7) is 3.84. The summed E-state index contributed by atoms with van der Waals surface area (Å²) < 4.78 is 12.4. The lowest BCUT2D eigenvalue weighted by molar-refractivity contribution is -0.182. The Kier molecular flexibility index (Phi) is 3.96.